The summed E-state index contributed by atoms with van der Waals surface area (Å²) in [7, 11) is 0. The van der Waals surface area contributed by atoms with Crippen molar-refractivity contribution in [2.75, 3.05) is 0 Å². The van der Waals surface area contributed by atoms with E-state index in [4.69, 9.17) is 0 Å². The normalized spacial score (nSPS) is 17.6. The van der Waals surface area contributed by atoms with Crippen LogP contribution in [-0.4, -0.2) is 20.5 Å². The van der Waals surface area contributed by atoms with Gasteiger partial charge in [0, 0.05) is 6.20 Å². The second kappa shape index (κ2) is 2.84. The number of pyridine rings is 1. The Balaban J connectivity index is 2.31. The van der Waals surface area contributed by atoms with Crippen LogP contribution < -0.4 is 0 Å². The van der Waals surface area contributed by atoms with Gasteiger partial charge in [0.1, 0.15) is 11.1 Å². The number of carboxylic acid groups (broad SMARTS) is 1. The molecular weight excluding hydrogens is 204 g/mol. The molecule has 0 aromatic carbocycles. The van der Waals surface area contributed by atoms with Gasteiger partial charge in [0.2, 0.25) is 0 Å². The van der Waals surface area contributed by atoms with Crippen molar-refractivity contribution < 1.29 is 9.90 Å². The number of hydrogen-bond acceptors (Lipinski definition) is 2. The lowest BCUT2D eigenvalue weighted by Crippen LogP contribution is -2.22. The van der Waals surface area contributed by atoms with Gasteiger partial charge in [-0.2, -0.15) is 0 Å². The average Bonchev–Trinajstić information content (AvgIpc) is 2.97. The SMILES string of the molecule is Cc1nc2ccccn2c1C1(C(=O)O)CC1. The minimum Gasteiger partial charge on any atom is -0.481 e. The van der Waals surface area contributed by atoms with Gasteiger partial charge in [-0.05, 0) is 31.9 Å². The van der Waals surface area contributed by atoms with Crippen molar-refractivity contribution in [3.8, 4) is 0 Å². The smallest absolute Gasteiger partial charge is 0.315 e. The molecule has 1 aliphatic rings. The maximum Gasteiger partial charge on any atom is 0.315 e. The number of aliphatic carboxylic acids is 1. The van der Waals surface area contributed by atoms with E-state index in [1.165, 1.54) is 0 Å². The largest absolute Gasteiger partial charge is 0.481 e. The number of aryl methyl sites for hydroxylation is 1. The first kappa shape index (κ1) is 9.39. The van der Waals surface area contributed by atoms with Crippen molar-refractivity contribution in [2.24, 2.45) is 0 Å². The van der Waals surface area contributed by atoms with Gasteiger partial charge >= 0.3 is 5.97 Å². The first-order valence-corrected chi connectivity index (χ1v) is 5.33. The first-order valence-electron chi connectivity index (χ1n) is 5.33. The Bertz CT molecular complexity index is 582. The lowest BCUT2D eigenvalue weighted by atomic mass is 10.0. The van der Waals surface area contributed by atoms with E-state index in [0.29, 0.717) is 12.8 Å². The minimum absolute atomic E-state index is 0.690. The van der Waals surface area contributed by atoms with Gasteiger partial charge in [-0.25, -0.2) is 4.98 Å². The maximum atomic E-state index is 11.3. The van der Waals surface area contributed by atoms with Crippen LogP contribution in [0.25, 0.3) is 5.65 Å². The van der Waals surface area contributed by atoms with Crippen molar-refractivity contribution in [3.05, 3.63) is 35.8 Å². The Morgan fingerprint density at radius 3 is 2.88 bits per heavy atom. The summed E-state index contributed by atoms with van der Waals surface area (Å²) in [5.74, 6) is -0.735. The summed E-state index contributed by atoms with van der Waals surface area (Å²) in [5.41, 5.74) is 1.80. The van der Waals surface area contributed by atoms with Gasteiger partial charge < -0.3 is 9.51 Å². The van der Waals surface area contributed by atoms with Crippen LogP contribution >= 0.6 is 0 Å². The number of rotatable bonds is 2. The third-order valence-corrected chi connectivity index (χ3v) is 3.32. The number of imidazole rings is 1. The Hall–Kier alpha value is -1.84. The molecule has 1 saturated carbocycles. The second-order valence-corrected chi connectivity index (χ2v) is 4.36. The monoisotopic (exact) mass is 216 g/mol. The fourth-order valence-corrected chi connectivity index (χ4v) is 2.37. The number of hydrogen-bond donors (Lipinski definition) is 1. The van der Waals surface area contributed by atoms with Gasteiger partial charge in [0.15, 0.2) is 0 Å². The second-order valence-electron chi connectivity index (χ2n) is 4.36. The lowest BCUT2D eigenvalue weighted by Gasteiger charge is -2.10. The zero-order valence-corrected chi connectivity index (χ0v) is 8.97. The number of aromatic nitrogens is 2. The molecule has 2 aromatic rings. The highest BCUT2D eigenvalue weighted by molar-refractivity contribution is 5.85. The van der Waals surface area contributed by atoms with E-state index in [9.17, 15) is 9.90 Å². The van der Waals surface area contributed by atoms with Crippen molar-refractivity contribution >= 4 is 11.6 Å². The van der Waals surface area contributed by atoms with E-state index in [1.807, 2.05) is 35.7 Å². The van der Waals surface area contributed by atoms with Crippen molar-refractivity contribution in [1.29, 1.82) is 0 Å². The molecule has 4 heteroatoms. The molecule has 0 saturated heterocycles. The Morgan fingerprint density at radius 2 is 2.25 bits per heavy atom. The molecule has 0 amide bonds. The summed E-state index contributed by atoms with van der Waals surface area (Å²) in [5, 5.41) is 9.32. The summed E-state index contributed by atoms with van der Waals surface area (Å²) in [6.07, 6.45) is 3.31. The van der Waals surface area contributed by atoms with Crippen LogP contribution in [0.5, 0.6) is 0 Å². The molecule has 3 rings (SSSR count). The molecule has 4 nitrogen and oxygen atoms in total. The van der Waals surface area contributed by atoms with Gasteiger partial charge in [-0.3, -0.25) is 4.79 Å². The van der Waals surface area contributed by atoms with Crippen LogP contribution in [-0.2, 0) is 10.2 Å². The van der Waals surface area contributed by atoms with Crippen molar-refractivity contribution in [2.45, 2.75) is 25.2 Å². The maximum absolute atomic E-state index is 11.3. The molecular formula is C12H12N2O2. The van der Waals surface area contributed by atoms with Crippen LogP contribution in [0.1, 0.15) is 24.2 Å². The molecule has 2 aromatic heterocycles. The number of carboxylic acids is 1. The van der Waals surface area contributed by atoms with Crippen LogP contribution in [0.4, 0.5) is 0 Å². The summed E-state index contributed by atoms with van der Waals surface area (Å²) >= 11 is 0. The third kappa shape index (κ3) is 1.04. The van der Waals surface area contributed by atoms with Crippen LogP contribution in [0.15, 0.2) is 24.4 Å². The molecule has 0 spiro atoms. The van der Waals surface area contributed by atoms with Crippen LogP contribution in [0.2, 0.25) is 0 Å². The number of fused-ring (bicyclic) bond motifs is 1. The van der Waals surface area contributed by atoms with E-state index >= 15 is 0 Å². The Kier molecular flexibility index (Phi) is 1.67. The summed E-state index contributed by atoms with van der Waals surface area (Å²) in [6.45, 7) is 1.88. The zero-order chi connectivity index (χ0) is 11.3. The molecule has 0 unspecified atom stereocenters. The molecule has 82 valence electrons. The molecule has 0 bridgehead atoms. The molecule has 16 heavy (non-hydrogen) atoms. The summed E-state index contributed by atoms with van der Waals surface area (Å²) in [6, 6.07) is 5.70. The molecule has 0 radical (unpaired) electrons. The van der Waals surface area contributed by atoms with Crippen LogP contribution in [0.3, 0.4) is 0 Å². The minimum atomic E-state index is -0.735. The van der Waals surface area contributed by atoms with Gasteiger partial charge in [0.25, 0.3) is 0 Å². The standard InChI is InChI=1S/C12H12N2O2/c1-8-10(12(5-6-12)11(15)16)14-7-3-2-4-9(14)13-8/h2-4,7H,5-6H2,1H3,(H,15,16). The predicted octanol–water partition coefficient (Wildman–Crippen LogP) is 1.76. The van der Waals surface area contributed by atoms with Crippen molar-refractivity contribution in [3.63, 3.8) is 0 Å². The predicted molar refractivity (Wildman–Crippen MR) is 58.5 cm³/mol. The topological polar surface area (TPSA) is 54.6 Å². The summed E-state index contributed by atoms with van der Waals surface area (Å²) in [4.78, 5) is 15.7. The van der Waals surface area contributed by atoms with E-state index in [1.54, 1.807) is 0 Å². The van der Waals surface area contributed by atoms with Gasteiger partial charge in [0.05, 0.1) is 11.4 Å². The van der Waals surface area contributed by atoms with E-state index in [0.717, 1.165) is 17.0 Å². The van der Waals surface area contributed by atoms with E-state index < -0.39 is 11.4 Å². The molecule has 1 N–H and O–H groups in total. The van der Waals surface area contributed by atoms with E-state index in [2.05, 4.69) is 4.98 Å². The lowest BCUT2D eigenvalue weighted by molar-refractivity contribution is -0.140. The molecule has 2 heterocycles. The first-order chi connectivity index (χ1) is 7.65. The van der Waals surface area contributed by atoms with Gasteiger partial charge in [-0.15, -0.1) is 0 Å². The highest BCUT2D eigenvalue weighted by atomic mass is 16.4. The Labute approximate surface area is 92.5 Å². The number of carbonyl (C=O) groups is 1. The zero-order valence-electron chi connectivity index (χ0n) is 8.97. The van der Waals surface area contributed by atoms with Crippen LogP contribution in [0, 0.1) is 6.92 Å². The van der Waals surface area contributed by atoms with Gasteiger partial charge in [-0.1, -0.05) is 6.07 Å². The molecule has 1 fully saturated rings. The highest BCUT2D eigenvalue weighted by Gasteiger charge is 2.54. The molecule has 0 aliphatic heterocycles. The van der Waals surface area contributed by atoms with Crippen molar-refractivity contribution in [1.82, 2.24) is 9.38 Å². The quantitative estimate of drug-likeness (QED) is 0.832. The molecule has 0 atom stereocenters. The average molecular weight is 216 g/mol. The number of nitrogens with zero attached hydrogens (tertiary/aromatic N) is 2. The fraction of sp³-hybridized carbons (Fsp3) is 0.333. The molecule has 1 aliphatic carbocycles. The van der Waals surface area contributed by atoms with E-state index in [-0.39, 0.29) is 0 Å². The Morgan fingerprint density at radius 1 is 1.50 bits per heavy atom. The third-order valence-electron chi connectivity index (χ3n) is 3.32. The summed E-state index contributed by atoms with van der Waals surface area (Å²) < 4.78 is 1.90. The fourth-order valence-electron chi connectivity index (χ4n) is 2.37. The highest BCUT2D eigenvalue weighted by Crippen LogP contribution is 2.49.